The number of ether oxygens (including phenoxy) is 1. The summed E-state index contributed by atoms with van der Waals surface area (Å²) in [4.78, 5) is 27.7. The largest absolute Gasteiger partial charge is 0.508 e. The summed E-state index contributed by atoms with van der Waals surface area (Å²) in [5, 5.41) is 16.3. The number of hydrogen-bond donors (Lipinski definition) is 3. The van der Waals surface area contributed by atoms with Gasteiger partial charge in [0.1, 0.15) is 18.9 Å². The number of nitrogens with zero attached hydrogens (tertiary/aromatic N) is 1. The van der Waals surface area contributed by atoms with Crippen molar-refractivity contribution in [1.82, 2.24) is 5.32 Å². The SMILES string of the molecule is O=C(Nc1ccc(C(=O)[N@+]23CCOCC2=CNC=C2CC=CC=C23)c(Cl)c1)c1ccccc1-c1cccc(O)c1. The number of hydrogen-bond acceptors (Lipinski definition) is 5. The highest BCUT2D eigenvalue weighted by molar-refractivity contribution is 6.34. The Bertz CT molecular complexity index is 1660. The molecule has 40 heavy (non-hydrogen) atoms. The summed E-state index contributed by atoms with van der Waals surface area (Å²) in [7, 11) is 0. The van der Waals surface area contributed by atoms with Gasteiger partial charge in [0.2, 0.25) is 0 Å². The average Bonchev–Trinajstić information content (AvgIpc) is 3.14. The Labute approximate surface area is 236 Å². The van der Waals surface area contributed by atoms with Gasteiger partial charge in [-0.05, 0) is 53.9 Å². The molecule has 3 aromatic carbocycles. The smallest absolute Gasteiger partial charge is 0.357 e. The lowest BCUT2D eigenvalue weighted by molar-refractivity contribution is -0.779. The van der Waals surface area contributed by atoms with E-state index in [0.29, 0.717) is 42.1 Å². The molecule has 8 heteroatoms. The minimum Gasteiger partial charge on any atom is -0.508 e. The topological polar surface area (TPSA) is 87.7 Å². The normalized spacial score (nSPS) is 19.6. The molecule has 1 fully saturated rings. The Balaban J connectivity index is 1.31. The number of aromatic hydroxyl groups is 1. The monoisotopic (exact) mass is 552 g/mol. The number of morpholine rings is 1. The number of phenolic OH excluding ortho intramolecular Hbond substituents is 1. The summed E-state index contributed by atoms with van der Waals surface area (Å²) in [6.07, 6.45) is 10.5. The third-order valence-electron chi connectivity index (χ3n) is 7.42. The molecule has 0 bridgehead atoms. The molecule has 1 atom stereocenters. The van der Waals surface area contributed by atoms with Crippen molar-refractivity contribution in [2.24, 2.45) is 0 Å². The van der Waals surface area contributed by atoms with Gasteiger partial charge in [-0.2, -0.15) is 4.48 Å². The van der Waals surface area contributed by atoms with Gasteiger partial charge in [-0.25, -0.2) is 4.79 Å². The molecule has 0 saturated carbocycles. The van der Waals surface area contributed by atoms with Gasteiger partial charge in [0.25, 0.3) is 5.91 Å². The number of phenols is 1. The first-order valence-electron chi connectivity index (χ1n) is 13.0. The number of halogens is 1. The second-order valence-corrected chi connectivity index (χ2v) is 10.2. The summed E-state index contributed by atoms with van der Waals surface area (Å²) in [6.45, 7) is 1.21. The highest BCUT2D eigenvalue weighted by Crippen LogP contribution is 2.40. The number of carbonyl (C=O) groups is 2. The molecular weight excluding hydrogens is 526 g/mol. The Morgan fingerprint density at radius 2 is 1.88 bits per heavy atom. The molecule has 1 aliphatic carbocycles. The first-order valence-corrected chi connectivity index (χ1v) is 13.4. The van der Waals surface area contributed by atoms with Crippen molar-refractivity contribution in [2.45, 2.75) is 6.42 Å². The Morgan fingerprint density at radius 3 is 2.73 bits per heavy atom. The third-order valence-corrected chi connectivity index (χ3v) is 7.73. The molecule has 7 nitrogen and oxygen atoms in total. The molecule has 0 spiro atoms. The van der Waals surface area contributed by atoms with E-state index in [0.717, 1.165) is 29.0 Å². The molecule has 200 valence electrons. The van der Waals surface area contributed by atoms with Crippen molar-refractivity contribution in [1.29, 1.82) is 0 Å². The van der Waals surface area contributed by atoms with E-state index >= 15 is 0 Å². The minimum atomic E-state index is -0.332. The van der Waals surface area contributed by atoms with Crippen molar-refractivity contribution in [3.8, 4) is 16.9 Å². The lowest BCUT2D eigenvalue weighted by Crippen LogP contribution is -2.56. The number of carbonyl (C=O) groups excluding carboxylic acids is 2. The molecule has 2 amide bonds. The van der Waals surface area contributed by atoms with Gasteiger partial charge in [0, 0.05) is 29.1 Å². The maximum Gasteiger partial charge on any atom is 0.357 e. The molecule has 2 aliphatic heterocycles. The van der Waals surface area contributed by atoms with Gasteiger partial charge >= 0.3 is 5.91 Å². The summed E-state index contributed by atoms with van der Waals surface area (Å²) >= 11 is 6.74. The molecule has 2 heterocycles. The highest BCUT2D eigenvalue weighted by atomic mass is 35.5. The maximum atomic E-state index is 14.3. The quantitative estimate of drug-likeness (QED) is 0.339. The third kappa shape index (κ3) is 4.54. The second kappa shape index (κ2) is 10.6. The van der Waals surface area contributed by atoms with Gasteiger partial charge in [-0.1, -0.05) is 54.1 Å². The van der Waals surface area contributed by atoms with Gasteiger partial charge in [0.05, 0.1) is 23.4 Å². The van der Waals surface area contributed by atoms with Crippen LogP contribution in [0.15, 0.2) is 114 Å². The van der Waals surface area contributed by atoms with Crippen LogP contribution in [0.25, 0.3) is 11.1 Å². The molecule has 0 radical (unpaired) electrons. The van der Waals surface area contributed by atoms with Gasteiger partial charge in [-0.15, -0.1) is 0 Å². The lowest BCUT2D eigenvalue weighted by Gasteiger charge is -2.41. The zero-order valence-corrected chi connectivity index (χ0v) is 22.3. The number of rotatable bonds is 4. The predicted molar refractivity (Wildman–Crippen MR) is 154 cm³/mol. The van der Waals surface area contributed by atoms with Crippen LogP contribution in [0.2, 0.25) is 5.02 Å². The minimum absolute atomic E-state index is 0.00585. The summed E-state index contributed by atoms with van der Waals surface area (Å²) < 4.78 is 5.74. The van der Waals surface area contributed by atoms with Crippen molar-refractivity contribution < 1.29 is 23.9 Å². The van der Waals surface area contributed by atoms with Crippen LogP contribution in [0.4, 0.5) is 5.69 Å². The van der Waals surface area contributed by atoms with Crippen LogP contribution in [0.5, 0.6) is 5.75 Å². The standard InChI is InChI=1S/C32H26ClN3O4/c33-29-17-23(35-31(38)27-10-3-2-9-26(27)21-7-5-8-25(37)16-21)12-13-28(29)32(39)36-14-15-40-20-24(36)19-34-18-22-6-1-4-11-30(22)36/h1-5,7-13,16-19,34H,6,14-15,20H2,(H-,35,37,38,39)/p+1/t36-/m1/s1. The van der Waals surface area contributed by atoms with E-state index in [4.69, 9.17) is 16.3 Å². The Morgan fingerprint density at radius 1 is 1.00 bits per heavy atom. The Kier molecular flexibility index (Phi) is 6.86. The second-order valence-electron chi connectivity index (χ2n) is 9.79. The van der Waals surface area contributed by atoms with Crippen molar-refractivity contribution in [3.05, 3.63) is 130 Å². The highest BCUT2D eigenvalue weighted by Gasteiger charge is 2.50. The summed E-state index contributed by atoms with van der Waals surface area (Å²) in [6, 6.07) is 18.9. The van der Waals surface area contributed by atoms with E-state index < -0.39 is 0 Å². The van der Waals surface area contributed by atoms with Crippen molar-refractivity contribution >= 4 is 29.1 Å². The zero-order valence-electron chi connectivity index (χ0n) is 21.6. The fourth-order valence-electron chi connectivity index (χ4n) is 5.49. The molecule has 3 N–H and O–H groups in total. The molecule has 0 unspecified atom stereocenters. The number of allylic oxidation sites excluding steroid dienone is 4. The zero-order chi connectivity index (χ0) is 27.7. The Hall–Kier alpha value is -4.43. The first kappa shape index (κ1) is 25.8. The van der Waals surface area contributed by atoms with Crippen LogP contribution in [-0.4, -0.2) is 41.2 Å². The van der Waals surface area contributed by atoms with E-state index in [1.807, 2.05) is 42.8 Å². The maximum absolute atomic E-state index is 14.3. The first-order chi connectivity index (χ1) is 19.5. The summed E-state index contributed by atoms with van der Waals surface area (Å²) in [5.41, 5.74) is 5.43. The van der Waals surface area contributed by atoms with E-state index in [-0.39, 0.29) is 27.1 Å². The molecule has 6 rings (SSSR count). The molecular formula is C32H27ClN3O4+. The number of amides is 2. The van der Waals surface area contributed by atoms with Crippen LogP contribution in [-0.2, 0) is 4.74 Å². The molecule has 1 saturated heterocycles. The number of fused-ring (bicyclic) bond motifs is 3. The number of benzene rings is 3. The fourth-order valence-corrected chi connectivity index (χ4v) is 5.75. The van der Waals surface area contributed by atoms with Crippen LogP contribution >= 0.6 is 11.6 Å². The lowest BCUT2D eigenvalue weighted by atomic mass is 9.98. The number of quaternary nitrogens is 1. The van der Waals surface area contributed by atoms with Crippen LogP contribution in [0.3, 0.4) is 0 Å². The predicted octanol–water partition coefficient (Wildman–Crippen LogP) is 6.12. The van der Waals surface area contributed by atoms with E-state index in [2.05, 4.69) is 16.7 Å². The van der Waals surface area contributed by atoms with E-state index in [1.54, 1.807) is 48.5 Å². The average molecular weight is 553 g/mol. The van der Waals surface area contributed by atoms with E-state index in [9.17, 15) is 14.7 Å². The van der Waals surface area contributed by atoms with Crippen molar-refractivity contribution in [3.63, 3.8) is 0 Å². The summed E-state index contributed by atoms with van der Waals surface area (Å²) in [5.74, 6) is -0.364. The molecule has 0 aromatic heterocycles. The van der Waals surface area contributed by atoms with Gasteiger partial charge in [-0.3, -0.25) is 4.79 Å². The van der Waals surface area contributed by atoms with Crippen LogP contribution in [0, 0.1) is 0 Å². The van der Waals surface area contributed by atoms with Gasteiger partial charge in [0.15, 0.2) is 11.4 Å². The van der Waals surface area contributed by atoms with Crippen LogP contribution < -0.4 is 10.6 Å². The molecule has 3 aliphatic rings. The van der Waals surface area contributed by atoms with Crippen molar-refractivity contribution in [2.75, 3.05) is 25.1 Å². The number of anilines is 1. The molecule has 3 aromatic rings. The fraction of sp³-hybridized carbons (Fsp3) is 0.125. The number of nitrogens with one attached hydrogen (secondary N) is 2. The van der Waals surface area contributed by atoms with Gasteiger partial charge < -0.3 is 20.5 Å². The van der Waals surface area contributed by atoms with E-state index in [1.165, 1.54) is 0 Å². The van der Waals surface area contributed by atoms with Crippen LogP contribution in [0.1, 0.15) is 27.1 Å².